The smallest absolute Gasteiger partial charge is 0.303 e. The summed E-state index contributed by atoms with van der Waals surface area (Å²) in [6.45, 7) is 4.60. The molecule has 41 heavy (non-hydrogen) atoms. The van der Waals surface area contributed by atoms with E-state index in [1.165, 1.54) is 26.8 Å². The number of aliphatic hydroxyl groups is 2. The van der Waals surface area contributed by atoms with Crippen molar-refractivity contribution in [2.75, 3.05) is 19.1 Å². The van der Waals surface area contributed by atoms with Crippen molar-refractivity contribution in [3.8, 4) is 0 Å². The minimum Gasteiger partial charge on any atom is -0.458 e. The number of ketones is 2. The monoisotopic (exact) mass is 622 g/mol. The Bertz CT molecular complexity index is 1450. The van der Waals surface area contributed by atoms with Crippen LogP contribution < -0.4 is 0 Å². The average molecular weight is 623 g/mol. The van der Waals surface area contributed by atoms with E-state index < -0.39 is 109 Å². The Morgan fingerprint density at radius 1 is 1.12 bits per heavy atom. The quantitative estimate of drug-likeness (QED) is 0.294. The van der Waals surface area contributed by atoms with Gasteiger partial charge in [0.25, 0.3) is 20.2 Å². The van der Waals surface area contributed by atoms with Crippen molar-refractivity contribution in [2.24, 2.45) is 28.6 Å². The first-order valence-corrected chi connectivity index (χ1v) is 16.6. The fourth-order valence-corrected chi connectivity index (χ4v) is 9.21. The number of alkyl halides is 1. The molecule has 2 N–H and O–H groups in total. The van der Waals surface area contributed by atoms with Gasteiger partial charge in [-0.15, -0.1) is 0 Å². The fraction of sp³-hybridized carbons (Fsp3) is 0.731. The van der Waals surface area contributed by atoms with Crippen LogP contribution in [0.2, 0.25) is 0 Å². The number of esters is 1. The van der Waals surface area contributed by atoms with Crippen LogP contribution >= 0.6 is 0 Å². The molecular formula is C26H35FO12S2. The number of carbonyl (C=O) groups is 3. The van der Waals surface area contributed by atoms with Crippen molar-refractivity contribution in [2.45, 2.75) is 70.1 Å². The lowest BCUT2D eigenvalue weighted by atomic mass is 9.43. The van der Waals surface area contributed by atoms with Crippen LogP contribution in [0.4, 0.5) is 4.39 Å². The molecule has 0 spiro atoms. The van der Waals surface area contributed by atoms with Crippen LogP contribution in [0.1, 0.15) is 40.5 Å². The molecule has 15 heteroatoms. The Balaban J connectivity index is 1.99. The van der Waals surface area contributed by atoms with E-state index in [1.54, 1.807) is 0 Å². The highest BCUT2D eigenvalue weighted by Gasteiger charge is 2.79. The fourth-order valence-electron chi connectivity index (χ4n) is 8.00. The number of allylic oxidation sites excluding steroid dienone is 3. The van der Waals surface area contributed by atoms with Gasteiger partial charge in [0, 0.05) is 23.7 Å². The summed E-state index contributed by atoms with van der Waals surface area (Å²) in [5.74, 6) is -5.96. The summed E-state index contributed by atoms with van der Waals surface area (Å²) in [6, 6.07) is 0. The summed E-state index contributed by atoms with van der Waals surface area (Å²) in [7, 11) is -8.81. The molecule has 4 aliphatic rings. The van der Waals surface area contributed by atoms with Crippen LogP contribution in [0, 0.1) is 28.6 Å². The summed E-state index contributed by atoms with van der Waals surface area (Å²) < 4.78 is 83.4. The van der Waals surface area contributed by atoms with E-state index in [1.807, 2.05) is 0 Å². The van der Waals surface area contributed by atoms with Gasteiger partial charge >= 0.3 is 5.97 Å². The highest BCUT2D eigenvalue weighted by molar-refractivity contribution is 7.86. The van der Waals surface area contributed by atoms with Gasteiger partial charge < -0.3 is 14.9 Å². The third-order valence-corrected chi connectivity index (χ3v) is 10.8. The Hall–Kier alpha value is -2.04. The van der Waals surface area contributed by atoms with Crippen molar-refractivity contribution in [3.63, 3.8) is 0 Å². The lowest BCUT2D eigenvalue weighted by Gasteiger charge is -2.65. The zero-order chi connectivity index (χ0) is 31.1. The van der Waals surface area contributed by atoms with Crippen molar-refractivity contribution < 1.29 is 58.9 Å². The van der Waals surface area contributed by atoms with Gasteiger partial charge in [-0.25, -0.2) is 4.39 Å². The maximum absolute atomic E-state index is 18.0. The van der Waals surface area contributed by atoms with Crippen molar-refractivity contribution in [1.82, 2.24) is 0 Å². The minimum absolute atomic E-state index is 0.0745. The predicted molar refractivity (Wildman–Crippen MR) is 140 cm³/mol. The molecule has 0 aromatic heterocycles. The summed E-state index contributed by atoms with van der Waals surface area (Å²) in [6.07, 6.45) is -1.70. The van der Waals surface area contributed by atoms with Crippen LogP contribution in [0.15, 0.2) is 23.8 Å². The van der Waals surface area contributed by atoms with E-state index in [-0.39, 0.29) is 12.0 Å². The summed E-state index contributed by atoms with van der Waals surface area (Å²) in [5, 5.41) is 23.6. The SMILES string of the molecule is CC(=O)OCC(=O)[C@@]1(O)[C@H](C)C[C@H]2[C@@H]3[C@@H](OS(C)(=O)=O)[C@@H](OS(C)(=O)=O)C4=CC(=O)C=C[C@]4(C)[C@@]3(F)[C@@H](O)C[C@@]21C. The number of ether oxygens (including phenoxy) is 1. The lowest BCUT2D eigenvalue weighted by molar-refractivity contribution is -0.246. The Morgan fingerprint density at radius 2 is 1.71 bits per heavy atom. The van der Waals surface area contributed by atoms with E-state index in [4.69, 9.17) is 13.1 Å². The van der Waals surface area contributed by atoms with Gasteiger partial charge in [-0.3, -0.25) is 22.7 Å². The molecule has 0 saturated heterocycles. The maximum Gasteiger partial charge on any atom is 0.303 e. The molecule has 0 bridgehead atoms. The molecule has 0 amide bonds. The zero-order valence-electron chi connectivity index (χ0n) is 23.5. The third kappa shape index (κ3) is 4.72. The number of hydrogen-bond acceptors (Lipinski definition) is 12. The Morgan fingerprint density at radius 3 is 2.24 bits per heavy atom. The molecule has 12 nitrogen and oxygen atoms in total. The molecular weight excluding hydrogens is 587 g/mol. The van der Waals surface area contributed by atoms with Gasteiger partial charge in [0.2, 0.25) is 5.78 Å². The van der Waals surface area contributed by atoms with E-state index in [0.717, 1.165) is 19.1 Å². The Labute approximate surface area is 238 Å². The molecule has 4 aliphatic carbocycles. The molecule has 0 aromatic carbocycles. The van der Waals surface area contributed by atoms with Crippen LogP contribution in [-0.2, 0) is 47.7 Å². The number of hydrogen-bond donors (Lipinski definition) is 2. The lowest BCUT2D eigenvalue weighted by Crippen LogP contribution is -2.75. The number of halogens is 1. The largest absolute Gasteiger partial charge is 0.458 e. The molecule has 3 fully saturated rings. The second-order valence-electron chi connectivity index (χ2n) is 12.2. The Kier molecular flexibility index (Phi) is 7.58. The molecule has 230 valence electrons. The topological polar surface area (TPSA) is 188 Å². The maximum atomic E-state index is 18.0. The van der Waals surface area contributed by atoms with Crippen LogP contribution in [0.5, 0.6) is 0 Å². The number of carbonyl (C=O) groups excluding carboxylic acids is 3. The van der Waals surface area contributed by atoms with Crippen LogP contribution in [-0.4, -0.2) is 93.3 Å². The molecule has 0 aliphatic heterocycles. The minimum atomic E-state index is -4.44. The second-order valence-corrected chi connectivity index (χ2v) is 15.4. The van der Waals surface area contributed by atoms with Crippen molar-refractivity contribution in [3.05, 3.63) is 23.8 Å². The van der Waals surface area contributed by atoms with Gasteiger partial charge in [-0.2, -0.15) is 16.8 Å². The highest BCUT2D eigenvalue weighted by atomic mass is 32.2. The molecule has 3 saturated carbocycles. The highest BCUT2D eigenvalue weighted by Crippen LogP contribution is 2.71. The number of aliphatic hydroxyl groups excluding tert-OH is 1. The summed E-state index contributed by atoms with van der Waals surface area (Å²) >= 11 is 0. The third-order valence-electron chi connectivity index (χ3n) is 9.66. The molecule has 10 atom stereocenters. The van der Waals surface area contributed by atoms with Crippen molar-refractivity contribution >= 4 is 37.8 Å². The van der Waals surface area contributed by atoms with Gasteiger partial charge in [-0.05, 0) is 49.3 Å². The van der Waals surface area contributed by atoms with Crippen LogP contribution in [0.25, 0.3) is 0 Å². The number of fused-ring (bicyclic) bond motifs is 5. The van der Waals surface area contributed by atoms with Crippen molar-refractivity contribution in [1.29, 1.82) is 0 Å². The summed E-state index contributed by atoms with van der Waals surface area (Å²) in [5.41, 5.74) is -8.78. The first-order valence-electron chi connectivity index (χ1n) is 13.0. The average Bonchev–Trinajstić information content (AvgIpc) is 3.01. The molecule has 4 rings (SSSR count). The van der Waals surface area contributed by atoms with Gasteiger partial charge in [-0.1, -0.05) is 19.9 Å². The van der Waals surface area contributed by atoms with Crippen LogP contribution in [0.3, 0.4) is 0 Å². The van der Waals surface area contributed by atoms with Gasteiger partial charge in [0.15, 0.2) is 18.1 Å². The van der Waals surface area contributed by atoms with E-state index in [0.29, 0.717) is 12.5 Å². The number of rotatable bonds is 7. The summed E-state index contributed by atoms with van der Waals surface area (Å²) in [4.78, 5) is 37.2. The first-order chi connectivity index (χ1) is 18.5. The molecule has 0 unspecified atom stereocenters. The molecule has 0 heterocycles. The van der Waals surface area contributed by atoms with E-state index >= 15 is 4.39 Å². The normalized spacial score (nSPS) is 43.9. The molecule has 0 aromatic rings. The number of Topliss-reactive ketones (excluding diaryl/α,β-unsaturated/α-hetero) is 1. The molecule has 0 radical (unpaired) electrons. The second kappa shape index (κ2) is 9.74. The van der Waals surface area contributed by atoms with Gasteiger partial charge in [0.05, 0.1) is 18.6 Å². The van der Waals surface area contributed by atoms with E-state index in [9.17, 15) is 41.4 Å². The van der Waals surface area contributed by atoms with Gasteiger partial charge in [0.1, 0.15) is 17.8 Å². The zero-order valence-corrected chi connectivity index (χ0v) is 25.1. The van der Waals surface area contributed by atoms with E-state index in [2.05, 4.69) is 0 Å². The first kappa shape index (κ1) is 31.9. The predicted octanol–water partition coefficient (Wildman–Crippen LogP) is 0.376. The standard InChI is InChI=1S/C26H35FO12S2/c1-13-9-16-20-22(39-41(6,35)36)21(38-40(5,33)34)17-10-15(29)7-8-23(17,3)25(20,27)18(30)11-24(16,4)26(13,32)19(31)12-37-14(2)28/h7-8,10,13,16,18,20-22,30,32H,9,11-12H2,1-6H3/t13-,16+,18+,20-,21+,22-,23+,24+,25-,26+/m1/s1.